The molecule has 0 radical (unpaired) electrons. The lowest BCUT2D eigenvalue weighted by molar-refractivity contribution is -0.120. The molecule has 11 heteroatoms. The quantitative estimate of drug-likeness (QED) is 0.556. The third kappa shape index (κ3) is 4.57. The van der Waals surface area contributed by atoms with Crippen molar-refractivity contribution >= 4 is 38.2 Å². The van der Waals surface area contributed by atoms with Crippen LogP contribution in [0, 0.1) is 5.82 Å². The van der Waals surface area contributed by atoms with Crippen LogP contribution in [-0.4, -0.2) is 34.5 Å². The molecule has 0 saturated heterocycles. The van der Waals surface area contributed by atoms with Gasteiger partial charge in [0, 0.05) is 35.1 Å². The van der Waals surface area contributed by atoms with Gasteiger partial charge in [-0.1, -0.05) is 6.07 Å². The fourth-order valence-corrected chi connectivity index (χ4v) is 5.27. The van der Waals surface area contributed by atoms with Crippen molar-refractivity contribution < 1.29 is 17.6 Å². The van der Waals surface area contributed by atoms with E-state index in [0.29, 0.717) is 29.7 Å². The first-order valence-electron chi connectivity index (χ1n) is 9.52. The summed E-state index contributed by atoms with van der Waals surface area (Å²) in [4.78, 5) is 25.1. The van der Waals surface area contributed by atoms with Crippen LogP contribution in [0.15, 0.2) is 42.2 Å². The van der Waals surface area contributed by atoms with Crippen molar-refractivity contribution in [2.24, 2.45) is 0 Å². The summed E-state index contributed by atoms with van der Waals surface area (Å²) >= 11 is 1.10. The number of pyridine rings is 2. The Morgan fingerprint density at radius 3 is 2.68 bits per heavy atom. The molecule has 1 aliphatic rings. The molecule has 1 aliphatic carbocycles. The van der Waals surface area contributed by atoms with Crippen LogP contribution in [0.4, 0.5) is 15.3 Å². The number of hydrogen-bond acceptors (Lipinski definition) is 7. The highest BCUT2D eigenvalue weighted by Crippen LogP contribution is 2.33. The van der Waals surface area contributed by atoms with Crippen LogP contribution in [0.1, 0.15) is 32.4 Å². The van der Waals surface area contributed by atoms with E-state index in [1.165, 1.54) is 12.3 Å². The molecule has 0 aliphatic heterocycles. The van der Waals surface area contributed by atoms with Gasteiger partial charge in [-0.2, -0.15) is 0 Å². The summed E-state index contributed by atoms with van der Waals surface area (Å²) < 4.78 is 41.2. The van der Waals surface area contributed by atoms with Gasteiger partial charge in [-0.15, -0.1) is 11.3 Å². The summed E-state index contributed by atoms with van der Waals surface area (Å²) in [6.45, 7) is 3.25. The second-order valence-electron chi connectivity index (χ2n) is 7.76. The molecule has 0 atom stereocenters. The Morgan fingerprint density at radius 2 is 2.03 bits per heavy atom. The Bertz CT molecular complexity index is 1220. The van der Waals surface area contributed by atoms with Crippen molar-refractivity contribution in [3.8, 4) is 11.1 Å². The molecule has 3 heterocycles. The minimum atomic E-state index is -3.44. The number of nitrogens with one attached hydrogen (secondary N) is 2. The van der Waals surface area contributed by atoms with Gasteiger partial charge in [0.25, 0.3) is 0 Å². The molecule has 31 heavy (non-hydrogen) atoms. The Kier molecular flexibility index (Phi) is 5.48. The highest BCUT2D eigenvalue weighted by Gasteiger charge is 2.37. The second-order valence-corrected chi connectivity index (χ2v) is 10.6. The molecule has 1 saturated carbocycles. The molecule has 1 amide bonds. The fourth-order valence-electron chi connectivity index (χ4n) is 2.79. The van der Waals surface area contributed by atoms with Crippen LogP contribution in [0.2, 0.25) is 0 Å². The fraction of sp³-hybridized carbons (Fsp3) is 0.300. The van der Waals surface area contributed by atoms with E-state index >= 15 is 0 Å². The number of carbonyl (C=O) groups is 1. The lowest BCUT2D eigenvalue weighted by Gasteiger charge is -2.21. The summed E-state index contributed by atoms with van der Waals surface area (Å²) in [5.41, 5.74) is 0.470. The van der Waals surface area contributed by atoms with Crippen molar-refractivity contribution in [3.63, 3.8) is 0 Å². The first kappa shape index (κ1) is 21.3. The zero-order chi connectivity index (χ0) is 22.2. The monoisotopic (exact) mass is 461 g/mol. The van der Waals surface area contributed by atoms with Crippen molar-refractivity contribution in [1.82, 2.24) is 15.0 Å². The van der Waals surface area contributed by atoms with Crippen LogP contribution >= 0.6 is 11.3 Å². The Morgan fingerprint density at radius 1 is 1.26 bits per heavy atom. The minimum Gasteiger partial charge on any atom is -0.307 e. The van der Waals surface area contributed by atoms with Crippen molar-refractivity contribution in [3.05, 3.63) is 53.7 Å². The normalized spacial score (nSPS) is 14.3. The van der Waals surface area contributed by atoms with Gasteiger partial charge in [-0.3, -0.25) is 14.5 Å². The molecule has 0 aromatic carbocycles. The van der Waals surface area contributed by atoms with E-state index in [4.69, 9.17) is 0 Å². The van der Waals surface area contributed by atoms with Crippen molar-refractivity contribution in [2.75, 3.05) is 10.0 Å². The van der Waals surface area contributed by atoms with Gasteiger partial charge in [0.15, 0.2) is 16.8 Å². The summed E-state index contributed by atoms with van der Waals surface area (Å²) in [5, 5.41) is 3.94. The van der Waals surface area contributed by atoms with E-state index in [2.05, 4.69) is 25.0 Å². The van der Waals surface area contributed by atoms with Gasteiger partial charge >= 0.3 is 0 Å². The Hall–Kier alpha value is -2.92. The topological polar surface area (TPSA) is 114 Å². The Labute approximate surface area is 183 Å². The van der Waals surface area contributed by atoms with Gasteiger partial charge in [-0.05, 0) is 38.8 Å². The molecule has 0 spiro atoms. The van der Waals surface area contributed by atoms with Crippen LogP contribution in [-0.2, 0) is 20.2 Å². The molecular weight excluding hydrogens is 441 g/mol. The standard InChI is InChI=1S/C20H20FN5O3S2/c1-20(2,16-11-30-19(24-16)26-31(28,29)14-5-6-14)18(27)25-17-15(21)8-13(10-23-17)12-4-3-7-22-9-12/h3-4,7-11,14H,5-6H2,1-2H3,(H,24,26)(H,23,25,27). The van der Waals surface area contributed by atoms with Crippen LogP contribution in [0.5, 0.6) is 0 Å². The molecule has 3 aromatic rings. The largest absolute Gasteiger partial charge is 0.307 e. The van der Waals surface area contributed by atoms with Crippen molar-refractivity contribution in [2.45, 2.75) is 37.4 Å². The van der Waals surface area contributed by atoms with Gasteiger partial charge in [-0.25, -0.2) is 22.8 Å². The number of nitrogens with zero attached hydrogens (tertiary/aromatic N) is 3. The van der Waals surface area contributed by atoms with E-state index in [0.717, 1.165) is 11.3 Å². The maximum atomic E-state index is 14.6. The van der Waals surface area contributed by atoms with Gasteiger partial charge in [0.2, 0.25) is 15.9 Å². The van der Waals surface area contributed by atoms with E-state index in [1.54, 1.807) is 43.8 Å². The lowest BCUT2D eigenvalue weighted by Crippen LogP contribution is -2.35. The number of amides is 1. The number of halogens is 1. The first-order chi connectivity index (χ1) is 14.7. The zero-order valence-electron chi connectivity index (χ0n) is 16.8. The number of aromatic nitrogens is 3. The van der Waals surface area contributed by atoms with E-state index in [-0.39, 0.29) is 16.2 Å². The van der Waals surface area contributed by atoms with Gasteiger partial charge < -0.3 is 5.32 Å². The number of rotatable bonds is 7. The summed E-state index contributed by atoms with van der Waals surface area (Å²) in [6, 6.07) is 4.79. The van der Waals surface area contributed by atoms with E-state index in [1.807, 2.05) is 0 Å². The van der Waals surface area contributed by atoms with E-state index in [9.17, 15) is 17.6 Å². The molecule has 4 rings (SSSR count). The second kappa shape index (κ2) is 7.97. The molecule has 3 aromatic heterocycles. The van der Waals surface area contributed by atoms with Gasteiger partial charge in [0.1, 0.15) is 0 Å². The summed E-state index contributed by atoms with van der Waals surface area (Å²) in [7, 11) is -3.44. The number of carbonyl (C=O) groups excluding carboxylic acids is 1. The molecule has 162 valence electrons. The maximum Gasteiger partial charge on any atom is 0.237 e. The maximum absolute atomic E-state index is 14.6. The van der Waals surface area contributed by atoms with Gasteiger partial charge in [0.05, 0.1) is 16.4 Å². The number of hydrogen-bond donors (Lipinski definition) is 2. The van der Waals surface area contributed by atoms with E-state index < -0.39 is 27.2 Å². The first-order valence-corrected chi connectivity index (χ1v) is 11.9. The highest BCUT2D eigenvalue weighted by molar-refractivity contribution is 7.93. The number of sulfonamides is 1. The molecule has 2 N–H and O–H groups in total. The minimum absolute atomic E-state index is 0.199. The molecule has 8 nitrogen and oxygen atoms in total. The number of thiazole rings is 1. The predicted octanol–water partition coefficient (Wildman–Crippen LogP) is 3.56. The third-order valence-electron chi connectivity index (χ3n) is 4.97. The lowest BCUT2D eigenvalue weighted by atomic mass is 9.89. The number of anilines is 2. The molecule has 1 fully saturated rings. The van der Waals surface area contributed by atoms with Crippen LogP contribution in [0.3, 0.4) is 0 Å². The highest BCUT2D eigenvalue weighted by atomic mass is 32.2. The summed E-state index contributed by atoms with van der Waals surface area (Å²) in [5.74, 6) is -1.40. The summed E-state index contributed by atoms with van der Waals surface area (Å²) in [6.07, 6.45) is 5.94. The third-order valence-corrected chi connectivity index (χ3v) is 7.69. The Balaban J connectivity index is 1.49. The SMILES string of the molecule is CC(C)(C(=O)Nc1ncc(-c2cccnc2)cc1F)c1csc(NS(=O)(=O)C2CC2)n1. The molecule has 0 unspecified atom stereocenters. The van der Waals surface area contributed by atoms with Crippen LogP contribution < -0.4 is 10.0 Å². The molecule has 0 bridgehead atoms. The van der Waals surface area contributed by atoms with Crippen LogP contribution in [0.25, 0.3) is 11.1 Å². The molecular formula is C20H20FN5O3S2. The predicted molar refractivity (Wildman–Crippen MR) is 117 cm³/mol. The smallest absolute Gasteiger partial charge is 0.237 e. The average molecular weight is 462 g/mol. The zero-order valence-corrected chi connectivity index (χ0v) is 18.4. The van der Waals surface area contributed by atoms with Crippen molar-refractivity contribution in [1.29, 1.82) is 0 Å². The average Bonchev–Trinajstić information content (AvgIpc) is 3.50.